The summed E-state index contributed by atoms with van der Waals surface area (Å²) in [5.74, 6) is 0.644. The predicted molar refractivity (Wildman–Crippen MR) is 45.5 cm³/mol. The van der Waals surface area contributed by atoms with Gasteiger partial charge in [-0.1, -0.05) is 0 Å². The molecule has 0 atom stereocenters. The van der Waals surface area contributed by atoms with Crippen molar-refractivity contribution >= 4 is 6.29 Å². The van der Waals surface area contributed by atoms with Gasteiger partial charge in [0.2, 0.25) is 6.79 Å². The van der Waals surface area contributed by atoms with Crippen LogP contribution >= 0.6 is 0 Å². The molecule has 2 heterocycles. The van der Waals surface area contributed by atoms with Gasteiger partial charge in [-0.3, -0.25) is 4.79 Å². The van der Waals surface area contributed by atoms with Crippen LogP contribution in [0.5, 0.6) is 0 Å². The van der Waals surface area contributed by atoms with Crippen LogP contribution in [-0.2, 0) is 14.3 Å². The first kappa shape index (κ1) is 9.34. The highest BCUT2D eigenvalue weighted by Crippen LogP contribution is 2.24. The largest absolute Gasteiger partial charge is 0.464 e. The first-order chi connectivity index (χ1) is 5.92. The Kier molecular flexibility index (Phi) is 2.71. The van der Waals surface area contributed by atoms with Crippen LogP contribution in [0.15, 0.2) is 35.6 Å². The summed E-state index contributed by atoms with van der Waals surface area (Å²) in [6.07, 6.45) is 5.56. The summed E-state index contributed by atoms with van der Waals surface area (Å²) in [5.41, 5.74) is 1.22. The van der Waals surface area contributed by atoms with Gasteiger partial charge in [-0.2, -0.15) is 0 Å². The molecule has 0 saturated heterocycles. The zero-order valence-electron chi connectivity index (χ0n) is 6.95. The van der Waals surface area contributed by atoms with Crippen LogP contribution in [0.2, 0.25) is 0 Å². The van der Waals surface area contributed by atoms with E-state index in [4.69, 9.17) is 9.47 Å². The first-order valence-electron chi connectivity index (χ1n) is 3.48. The van der Waals surface area contributed by atoms with Crippen molar-refractivity contribution in [2.45, 2.75) is 0 Å². The fourth-order valence-corrected chi connectivity index (χ4v) is 1.06. The van der Waals surface area contributed by atoms with Crippen LogP contribution in [-0.4, -0.2) is 13.1 Å². The van der Waals surface area contributed by atoms with E-state index >= 15 is 0 Å². The van der Waals surface area contributed by atoms with E-state index in [9.17, 15) is 4.79 Å². The lowest BCUT2D eigenvalue weighted by Crippen LogP contribution is -2.16. The molecule has 2 aliphatic rings. The van der Waals surface area contributed by atoms with Crippen LogP contribution in [0.1, 0.15) is 0 Å². The topological polar surface area (TPSA) is 82.6 Å². The van der Waals surface area contributed by atoms with Crippen LogP contribution < -0.4 is 11.5 Å². The van der Waals surface area contributed by atoms with Gasteiger partial charge in [0, 0.05) is 18.0 Å². The monoisotopic (exact) mass is 182 g/mol. The molecule has 0 spiro atoms. The molecule has 0 radical (unpaired) electrons. The average molecular weight is 182 g/mol. The van der Waals surface area contributed by atoms with Gasteiger partial charge in [0.15, 0.2) is 12.0 Å². The Morgan fingerprint density at radius 1 is 1.46 bits per heavy atom. The summed E-state index contributed by atoms with van der Waals surface area (Å²) >= 11 is 0. The first-order valence-corrected chi connectivity index (χ1v) is 3.48. The number of rotatable bonds is 1. The number of hydrogen-bond acceptors (Lipinski definition) is 5. The lowest BCUT2D eigenvalue weighted by atomic mass is 10.1. The van der Waals surface area contributed by atoms with Gasteiger partial charge in [0.25, 0.3) is 0 Å². The maximum absolute atomic E-state index is 10.5. The van der Waals surface area contributed by atoms with E-state index < -0.39 is 0 Å². The van der Waals surface area contributed by atoms with Crippen molar-refractivity contribution in [2.75, 3.05) is 6.79 Å². The quantitative estimate of drug-likeness (QED) is 0.579. The van der Waals surface area contributed by atoms with Gasteiger partial charge in [0.05, 0.1) is 11.8 Å². The maximum Gasteiger partial charge on any atom is 0.230 e. The minimum Gasteiger partial charge on any atom is -0.464 e. The summed E-state index contributed by atoms with van der Waals surface area (Å²) in [5, 5.41) is 2.81. The second-order valence-corrected chi connectivity index (χ2v) is 2.35. The third-order valence-corrected chi connectivity index (χ3v) is 1.64. The zero-order chi connectivity index (χ0) is 8.39. The maximum atomic E-state index is 10.5. The zero-order valence-corrected chi connectivity index (χ0v) is 6.95. The molecule has 70 valence electrons. The Morgan fingerprint density at radius 2 is 2.31 bits per heavy atom. The molecule has 0 saturated carbocycles. The number of nitrogens with one attached hydrogen (secondary N) is 1. The Hall–Kier alpha value is -1.75. The van der Waals surface area contributed by atoms with E-state index in [0.29, 0.717) is 16.9 Å². The number of allylic oxidation sites excluding steroid dienone is 1. The molecule has 0 amide bonds. The average Bonchev–Trinajstić information content (AvgIpc) is 2.17. The van der Waals surface area contributed by atoms with Gasteiger partial charge in [-0.25, -0.2) is 0 Å². The number of dihydropyridines is 1. The fraction of sp³-hybridized carbons (Fsp3) is 0.125. The number of ether oxygens (including phenoxy) is 2. The summed E-state index contributed by atoms with van der Waals surface area (Å²) in [6, 6.07) is 0. The van der Waals surface area contributed by atoms with Crippen molar-refractivity contribution in [1.82, 2.24) is 11.5 Å². The molecule has 0 aliphatic carbocycles. The fourth-order valence-electron chi connectivity index (χ4n) is 1.06. The summed E-state index contributed by atoms with van der Waals surface area (Å²) in [6.45, 7) is 0.198. The molecule has 5 nitrogen and oxygen atoms in total. The van der Waals surface area contributed by atoms with Crippen molar-refractivity contribution < 1.29 is 14.3 Å². The standard InChI is InChI=1S/C8H7NO3.H3N/c10-3-6-1-9-2-8-7(6)4-11-5-12-8;/h1-4,9H,5H2;1H3. The lowest BCUT2D eigenvalue weighted by molar-refractivity contribution is -0.104. The van der Waals surface area contributed by atoms with E-state index in [0.717, 1.165) is 6.29 Å². The molecule has 13 heavy (non-hydrogen) atoms. The molecule has 2 aliphatic heterocycles. The smallest absolute Gasteiger partial charge is 0.230 e. The molecule has 0 aromatic carbocycles. The van der Waals surface area contributed by atoms with Gasteiger partial charge in [-0.15, -0.1) is 0 Å². The van der Waals surface area contributed by atoms with Crippen molar-refractivity contribution in [1.29, 1.82) is 0 Å². The van der Waals surface area contributed by atoms with Crippen molar-refractivity contribution in [3.63, 3.8) is 0 Å². The third-order valence-electron chi connectivity index (χ3n) is 1.64. The predicted octanol–water partition coefficient (Wildman–Crippen LogP) is 0.564. The Labute approximate surface area is 75.3 Å². The van der Waals surface area contributed by atoms with Crippen LogP contribution in [0.3, 0.4) is 0 Å². The van der Waals surface area contributed by atoms with Gasteiger partial charge in [-0.05, 0) is 0 Å². The van der Waals surface area contributed by atoms with Gasteiger partial charge < -0.3 is 20.9 Å². The molecule has 0 fully saturated rings. The minimum atomic E-state index is 0. The molecule has 5 heteroatoms. The second kappa shape index (κ2) is 3.77. The molecule has 0 aromatic heterocycles. The molecule has 4 N–H and O–H groups in total. The van der Waals surface area contributed by atoms with Gasteiger partial charge in [0.1, 0.15) is 0 Å². The molecule has 2 rings (SSSR count). The van der Waals surface area contributed by atoms with E-state index in [1.165, 1.54) is 6.26 Å². The van der Waals surface area contributed by atoms with Crippen LogP contribution in [0, 0.1) is 0 Å². The molecule has 0 unspecified atom stereocenters. The molecular formula is C8H10N2O3. The van der Waals surface area contributed by atoms with E-state index in [-0.39, 0.29) is 12.9 Å². The number of aldehydes is 1. The molecular weight excluding hydrogens is 172 g/mol. The van der Waals surface area contributed by atoms with Crippen LogP contribution in [0.4, 0.5) is 0 Å². The van der Waals surface area contributed by atoms with Crippen molar-refractivity contribution in [3.8, 4) is 0 Å². The third kappa shape index (κ3) is 1.54. The van der Waals surface area contributed by atoms with Crippen LogP contribution in [0.25, 0.3) is 0 Å². The molecule has 0 bridgehead atoms. The normalized spacial score (nSPS) is 18.3. The number of carbonyl (C=O) groups excluding carboxylic acids is 1. The second-order valence-electron chi connectivity index (χ2n) is 2.35. The van der Waals surface area contributed by atoms with Crippen molar-refractivity contribution in [3.05, 3.63) is 35.6 Å². The van der Waals surface area contributed by atoms with Gasteiger partial charge >= 0.3 is 0 Å². The highest BCUT2D eigenvalue weighted by atomic mass is 16.7. The van der Waals surface area contributed by atoms with E-state index in [2.05, 4.69) is 5.32 Å². The van der Waals surface area contributed by atoms with E-state index in [1.807, 2.05) is 0 Å². The summed E-state index contributed by atoms with van der Waals surface area (Å²) < 4.78 is 10.0. The summed E-state index contributed by atoms with van der Waals surface area (Å²) in [7, 11) is 0. The highest BCUT2D eigenvalue weighted by Gasteiger charge is 2.18. The Balaban J connectivity index is 0.000000845. The highest BCUT2D eigenvalue weighted by molar-refractivity contribution is 5.82. The Morgan fingerprint density at radius 3 is 3.08 bits per heavy atom. The van der Waals surface area contributed by atoms with Crippen molar-refractivity contribution in [2.24, 2.45) is 0 Å². The number of carbonyl (C=O) groups is 1. The minimum absolute atomic E-state index is 0. The number of fused-ring (bicyclic) bond motifs is 1. The summed E-state index contributed by atoms with van der Waals surface area (Å²) in [4.78, 5) is 10.5. The van der Waals surface area contributed by atoms with E-state index in [1.54, 1.807) is 12.4 Å². The Bertz CT molecular complexity index is 305. The SMILES string of the molecule is N.O=CC1=CNC=C2OCOC=C12. The lowest BCUT2D eigenvalue weighted by Gasteiger charge is -2.20. The molecule has 0 aromatic rings. The number of hydrogen-bond donors (Lipinski definition) is 2.